The summed E-state index contributed by atoms with van der Waals surface area (Å²) in [7, 11) is 1.62. The molecular weight excluding hydrogens is 388 g/mol. The van der Waals surface area contributed by atoms with Crippen LogP contribution in [-0.2, 0) is 29.0 Å². The van der Waals surface area contributed by atoms with Gasteiger partial charge in [0.25, 0.3) is 0 Å². The summed E-state index contributed by atoms with van der Waals surface area (Å²) in [5, 5.41) is 2.99. The van der Waals surface area contributed by atoms with Crippen molar-refractivity contribution in [2.24, 2.45) is 0 Å². The van der Waals surface area contributed by atoms with Gasteiger partial charge >= 0.3 is 0 Å². The molecule has 1 N–H and O–H groups in total. The fourth-order valence-corrected chi connectivity index (χ4v) is 3.32. The second-order valence-corrected chi connectivity index (χ2v) is 8.95. The fraction of sp³-hybridized carbons (Fsp3) is 0.462. The minimum Gasteiger partial charge on any atom is -0.497 e. The van der Waals surface area contributed by atoms with Gasteiger partial charge in [-0.1, -0.05) is 43.3 Å². The standard InChI is InChI=1S/C26H36N2O3/c1-7-20-8-10-21(11-9-20)14-17-24(29)28(19(2)25(30)27-26(3,4)5)18-22-12-15-23(31-6)16-13-22/h8-13,15-16,19H,7,14,17-18H2,1-6H3,(H,27,30). The van der Waals surface area contributed by atoms with Crippen LogP contribution in [0.2, 0.25) is 0 Å². The van der Waals surface area contributed by atoms with Crippen molar-refractivity contribution in [2.75, 3.05) is 7.11 Å². The zero-order valence-electron chi connectivity index (χ0n) is 19.7. The van der Waals surface area contributed by atoms with E-state index in [4.69, 9.17) is 4.74 Å². The highest BCUT2D eigenvalue weighted by atomic mass is 16.5. The number of hydrogen-bond donors (Lipinski definition) is 1. The van der Waals surface area contributed by atoms with Crippen LogP contribution in [0.1, 0.15) is 57.7 Å². The highest BCUT2D eigenvalue weighted by Gasteiger charge is 2.28. The molecule has 1 unspecified atom stereocenters. The molecule has 1 atom stereocenters. The lowest BCUT2D eigenvalue weighted by molar-refractivity contribution is -0.141. The molecule has 0 aromatic heterocycles. The Labute approximate surface area is 186 Å². The summed E-state index contributed by atoms with van der Waals surface area (Å²) < 4.78 is 5.22. The Kier molecular flexibility index (Phi) is 8.66. The van der Waals surface area contributed by atoms with Gasteiger partial charge in [0.05, 0.1) is 7.11 Å². The Bertz CT molecular complexity index is 852. The van der Waals surface area contributed by atoms with Crippen LogP contribution in [0.25, 0.3) is 0 Å². The third-order valence-electron chi connectivity index (χ3n) is 5.24. The number of hydrogen-bond acceptors (Lipinski definition) is 3. The first-order valence-corrected chi connectivity index (χ1v) is 10.9. The minimum absolute atomic E-state index is 0.0352. The van der Waals surface area contributed by atoms with Gasteiger partial charge in [0.2, 0.25) is 11.8 Å². The van der Waals surface area contributed by atoms with E-state index in [1.165, 1.54) is 5.56 Å². The maximum atomic E-state index is 13.2. The van der Waals surface area contributed by atoms with Gasteiger partial charge < -0.3 is 15.0 Å². The number of amides is 2. The molecule has 168 valence electrons. The first kappa shape index (κ1) is 24.4. The smallest absolute Gasteiger partial charge is 0.242 e. The van der Waals surface area contributed by atoms with Gasteiger partial charge in [-0.25, -0.2) is 0 Å². The lowest BCUT2D eigenvalue weighted by atomic mass is 10.0. The molecule has 2 amide bonds. The van der Waals surface area contributed by atoms with E-state index in [0.717, 1.165) is 23.3 Å². The quantitative estimate of drug-likeness (QED) is 0.644. The maximum absolute atomic E-state index is 13.2. The van der Waals surface area contributed by atoms with Crippen LogP contribution < -0.4 is 10.1 Å². The Morgan fingerprint density at radius 2 is 1.52 bits per heavy atom. The molecule has 0 aliphatic rings. The first-order chi connectivity index (χ1) is 14.6. The van der Waals surface area contributed by atoms with Crippen LogP contribution in [0.5, 0.6) is 5.75 Å². The Morgan fingerprint density at radius 1 is 0.968 bits per heavy atom. The van der Waals surface area contributed by atoms with Crippen molar-refractivity contribution in [3.05, 3.63) is 65.2 Å². The predicted molar refractivity (Wildman–Crippen MR) is 125 cm³/mol. The molecule has 0 saturated heterocycles. The number of carbonyl (C=O) groups is 2. The highest BCUT2D eigenvalue weighted by molar-refractivity contribution is 5.87. The van der Waals surface area contributed by atoms with E-state index in [0.29, 0.717) is 19.4 Å². The zero-order chi connectivity index (χ0) is 23.0. The van der Waals surface area contributed by atoms with Crippen molar-refractivity contribution in [1.82, 2.24) is 10.2 Å². The summed E-state index contributed by atoms with van der Waals surface area (Å²) in [4.78, 5) is 27.7. The molecule has 0 spiro atoms. The van der Waals surface area contributed by atoms with E-state index in [1.807, 2.05) is 45.0 Å². The molecule has 0 heterocycles. The number of carbonyl (C=O) groups excluding carboxylic acids is 2. The normalized spacial score (nSPS) is 12.2. The minimum atomic E-state index is -0.573. The lowest BCUT2D eigenvalue weighted by Crippen LogP contribution is -2.52. The predicted octanol–water partition coefficient (Wildman–Crippen LogP) is 4.52. The van der Waals surface area contributed by atoms with Gasteiger partial charge in [-0.3, -0.25) is 9.59 Å². The van der Waals surface area contributed by atoms with Gasteiger partial charge in [-0.2, -0.15) is 0 Å². The molecule has 31 heavy (non-hydrogen) atoms. The maximum Gasteiger partial charge on any atom is 0.242 e. The van der Waals surface area contributed by atoms with E-state index < -0.39 is 6.04 Å². The molecular formula is C26H36N2O3. The van der Waals surface area contributed by atoms with Crippen molar-refractivity contribution in [1.29, 1.82) is 0 Å². The zero-order valence-corrected chi connectivity index (χ0v) is 19.7. The van der Waals surface area contributed by atoms with Crippen molar-refractivity contribution in [2.45, 2.75) is 72.0 Å². The summed E-state index contributed by atoms with van der Waals surface area (Å²) in [6, 6.07) is 15.4. The molecule has 0 aliphatic carbocycles. The first-order valence-electron chi connectivity index (χ1n) is 10.9. The summed E-state index contributed by atoms with van der Waals surface area (Å²) >= 11 is 0. The SMILES string of the molecule is CCc1ccc(CCC(=O)N(Cc2ccc(OC)cc2)C(C)C(=O)NC(C)(C)C)cc1. The van der Waals surface area contributed by atoms with Crippen molar-refractivity contribution in [3.63, 3.8) is 0 Å². The van der Waals surface area contributed by atoms with Crippen molar-refractivity contribution < 1.29 is 14.3 Å². The Balaban J connectivity index is 2.15. The Morgan fingerprint density at radius 3 is 2.03 bits per heavy atom. The van der Waals surface area contributed by atoms with Gasteiger partial charge in [-0.15, -0.1) is 0 Å². The largest absolute Gasteiger partial charge is 0.497 e. The van der Waals surface area contributed by atoms with E-state index in [2.05, 4.69) is 36.5 Å². The second-order valence-electron chi connectivity index (χ2n) is 8.95. The molecule has 2 aromatic carbocycles. The van der Waals surface area contributed by atoms with Crippen LogP contribution in [0.4, 0.5) is 0 Å². The average Bonchev–Trinajstić information content (AvgIpc) is 2.75. The number of rotatable bonds is 9. The monoisotopic (exact) mass is 424 g/mol. The fourth-order valence-electron chi connectivity index (χ4n) is 3.32. The lowest BCUT2D eigenvalue weighted by Gasteiger charge is -2.31. The number of methoxy groups -OCH3 is 1. The van der Waals surface area contributed by atoms with E-state index in [-0.39, 0.29) is 17.4 Å². The molecule has 0 bridgehead atoms. The van der Waals surface area contributed by atoms with Gasteiger partial charge in [-0.05, 0) is 69.4 Å². The number of nitrogens with one attached hydrogen (secondary N) is 1. The van der Waals surface area contributed by atoms with Gasteiger partial charge in [0, 0.05) is 18.5 Å². The van der Waals surface area contributed by atoms with Gasteiger partial charge in [0.1, 0.15) is 11.8 Å². The van der Waals surface area contributed by atoms with Crippen LogP contribution in [0.15, 0.2) is 48.5 Å². The number of nitrogens with zero attached hydrogens (tertiary/aromatic N) is 1. The molecule has 2 aromatic rings. The average molecular weight is 425 g/mol. The van der Waals surface area contributed by atoms with E-state index >= 15 is 0 Å². The van der Waals surface area contributed by atoms with Gasteiger partial charge in [0.15, 0.2) is 0 Å². The topological polar surface area (TPSA) is 58.6 Å². The van der Waals surface area contributed by atoms with E-state index in [1.54, 1.807) is 18.9 Å². The van der Waals surface area contributed by atoms with Crippen LogP contribution >= 0.6 is 0 Å². The molecule has 5 heteroatoms. The summed E-state index contributed by atoms with van der Waals surface area (Å²) in [5.74, 6) is 0.573. The Hall–Kier alpha value is -2.82. The molecule has 0 aliphatic heterocycles. The highest BCUT2D eigenvalue weighted by Crippen LogP contribution is 2.17. The second kappa shape index (κ2) is 11.0. The number of benzene rings is 2. The molecule has 0 fully saturated rings. The van der Waals surface area contributed by atoms with Crippen molar-refractivity contribution in [3.8, 4) is 5.75 Å². The van der Waals surface area contributed by atoms with E-state index in [9.17, 15) is 9.59 Å². The number of aryl methyl sites for hydroxylation is 2. The molecule has 2 rings (SSSR count). The third kappa shape index (κ3) is 7.74. The van der Waals surface area contributed by atoms with Crippen LogP contribution in [0.3, 0.4) is 0 Å². The molecule has 0 saturated carbocycles. The number of ether oxygens (including phenoxy) is 1. The molecule has 5 nitrogen and oxygen atoms in total. The summed E-state index contributed by atoms with van der Waals surface area (Å²) in [6.07, 6.45) is 2.00. The van der Waals surface area contributed by atoms with Crippen LogP contribution in [0, 0.1) is 0 Å². The summed E-state index contributed by atoms with van der Waals surface area (Å²) in [5.41, 5.74) is 3.00. The third-order valence-corrected chi connectivity index (χ3v) is 5.24. The van der Waals surface area contributed by atoms with Crippen molar-refractivity contribution >= 4 is 11.8 Å². The van der Waals surface area contributed by atoms with Crippen LogP contribution in [-0.4, -0.2) is 35.4 Å². The molecule has 0 radical (unpaired) electrons. The summed E-state index contributed by atoms with van der Waals surface area (Å²) in [6.45, 7) is 10.1.